The van der Waals surface area contributed by atoms with Crippen LogP contribution in [0.25, 0.3) is 0 Å². The molecule has 2 aromatic rings. The van der Waals surface area contributed by atoms with Gasteiger partial charge < -0.3 is 10.1 Å². The zero-order chi connectivity index (χ0) is 15.1. The SMILES string of the molecule is CC(NC(=O)COC(=O)c1ccccc1)c1ccccc1. The first-order valence-electron chi connectivity index (χ1n) is 6.73. The van der Waals surface area contributed by atoms with Crippen LogP contribution in [-0.4, -0.2) is 18.5 Å². The molecule has 108 valence electrons. The van der Waals surface area contributed by atoms with Gasteiger partial charge in [-0.15, -0.1) is 0 Å². The highest BCUT2D eigenvalue weighted by atomic mass is 16.5. The summed E-state index contributed by atoms with van der Waals surface area (Å²) >= 11 is 0. The highest BCUT2D eigenvalue weighted by molar-refractivity contribution is 5.91. The maximum atomic E-state index is 11.8. The van der Waals surface area contributed by atoms with Crippen LogP contribution in [0.3, 0.4) is 0 Å². The monoisotopic (exact) mass is 283 g/mol. The van der Waals surface area contributed by atoms with Crippen molar-refractivity contribution < 1.29 is 14.3 Å². The van der Waals surface area contributed by atoms with Crippen molar-refractivity contribution in [2.45, 2.75) is 13.0 Å². The van der Waals surface area contributed by atoms with E-state index in [1.165, 1.54) is 0 Å². The predicted octanol–water partition coefficient (Wildman–Crippen LogP) is 2.72. The van der Waals surface area contributed by atoms with Crippen molar-refractivity contribution in [3.8, 4) is 0 Å². The summed E-state index contributed by atoms with van der Waals surface area (Å²) in [7, 11) is 0. The number of amides is 1. The van der Waals surface area contributed by atoms with Gasteiger partial charge in [0.05, 0.1) is 11.6 Å². The highest BCUT2D eigenvalue weighted by Crippen LogP contribution is 2.10. The minimum Gasteiger partial charge on any atom is -0.452 e. The van der Waals surface area contributed by atoms with E-state index in [-0.39, 0.29) is 18.6 Å². The van der Waals surface area contributed by atoms with Crippen LogP contribution in [0.5, 0.6) is 0 Å². The number of hydrogen-bond donors (Lipinski definition) is 1. The summed E-state index contributed by atoms with van der Waals surface area (Å²) in [5.74, 6) is -0.825. The molecule has 0 saturated carbocycles. The molecule has 21 heavy (non-hydrogen) atoms. The molecule has 0 heterocycles. The fraction of sp³-hybridized carbons (Fsp3) is 0.176. The molecule has 0 aliphatic carbocycles. The van der Waals surface area contributed by atoms with Gasteiger partial charge in [-0.1, -0.05) is 48.5 Å². The summed E-state index contributed by atoms with van der Waals surface area (Å²) < 4.78 is 4.98. The first-order valence-corrected chi connectivity index (χ1v) is 6.73. The van der Waals surface area contributed by atoms with Gasteiger partial charge in [-0.25, -0.2) is 4.79 Å². The maximum Gasteiger partial charge on any atom is 0.338 e. The molecule has 0 aliphatic rings. The Balaban J connectivity index is 1.81. The molecule has 2 aromatic carbocycles. The summed E-state index contributed by atoms with van der Waals surface area (Å²) in [6, 6.07) is 18.1. The number of carbonyl (C=O) groups excluding carboxylic acids is 2. The van der Waals surface area contributed by atoms with Gasteiger partial charge in [0.2, 0.25) is 0 Å². The van der Waals surface area contributed by atoms with Gasteiger partial charge in [-0.2, -0.15) is 0 Å². The molecule has 4 heteroatoms. The molecule has 0 saturated heterocycles. The summed E-state index contributed by atoms with van der Waals surface area (Å²) in [6.45, 7) is 1.59. The summed E-state index contributed by atoms with van der Waals surface area (Å²) in [4.78, 5) is 23.5. The van der Waals surface area contributed by atoms with Crippen LogP contribution in [0.15, 0.2) is 60.7 Å². The molecule has 0 spiro atoms. The first kappa shape index (κ1) is 14.8. The van der Waals surface area contributed by atoms with Gasteiger partial charge in [-0.05, 0) is 24.6 Å². The lowest BCUT2D eigenvalue weighted by atomic mass is 10.1. The first-order chi connectivity index (χ1) is 10.2. The van der Waals surface area contributed by atoms with Gasteiger partial charge in [0, 0.05) is 0 Å². The molecule has 1 amide bonds. The van der Waals surface area contributed by atoms with E-state index < -0.39 is 5.97 Å². The Labute approximate surface area is 123 Å². The van der Waals surface area contributed by atoms with E-state index in [0.717, 1.165) is 5.56 Å². The van der Waals surface area contributed by atoms with Crippen LogP contribution in [-0.2, 0) is 9.53 Å². The van der Waals surface area contributed by atoms with Crippen molar-refractivity contribution in [1.82, 2.24) is 5.32 Å². The summed E-state index contributed by atoms with van der Waals surface area (Å²) in [5.41, 5.74) is 1.43. The Morgan fingerprint density at radius 3 is 2.19 bits per heavy atom. The zero-order valence-electron chi connectivity index (χ0n) is 11.8. The largest absolute Gasteiger partial charge is 0.452 e. The Bertz CT molecular complexity index is 596. The molecule has 1 unspecified atom stereocenters. The van der Waals surface area contributed by atoms with Gasteiger partial charge in [0.15, 0.2) is 6.61 Å². The highest BCUT2D eigenvalue weighted by Gasteiger charge is 2.12. The molecule has 0 aliphatic heterocycles. The Hall–Kier alpha value is -2.62. The van der Waals surface area contributed by atoms with E-state index in [1.807, 2.05) is 43.3 Å². The Morgan fingerprint density at radius 1 is 1.00 bits per heavy atom. The smallest absolute Gasteiger partial charge is 0.338 e. The summed E-state index contributed by atoms with van der Waals surface area (Å²) in [5, 5.41) is 2.79. The van der Waals surface area contributed by atoms with E-state index in [9.17, 15) is 9.59 Å². The maximum absolute atomic E-state index is 11.8. The van der Waals surface area contributed by atoms with Crippen molar-refractivity contribution >= 4 is 11.9 Å². The quantitative estimate of drug-likeness (QED) is 0.858. The number of benzene rings is 2. The van der Waals surface area contributed by atoms with E-state index in [0.29, 0.717) is 5.56 Å². The molecular formula is C17H17NO3. The topological polar surface area (TPSA) is 55.4 Å². The average molecular weight is 283 g/mol. The van der Waals surface area contributed by atoms with Crippen LogP contribution >= 0.6 is 0 Å². The Kier molecular flexibility index (Phi) is 5.10. The number of hydrogen-bond acceptors (Lipinski definition) is 3. The summed E-state index contributed by atoms with van der Waals surface area (Å²) in [6.07, 6.45) is 0. The molecule has 0 fully saturated rings. The predicted molar refractivity (Wildman–Crippen MR) is 79.7 cm³/mol. The van der Waals surface area contributed by atoms with Gasteiger partial charge in [0.25, 0.3) is 5.91 Å². The fourth-order valence-electron chi connectivity index (χ4n) is 1.90. The van der Waals surface area contributed by atoms with Crippen molar-refractivity contribution in [1.29, 1.82) is 0 Å². The zero-order valence-corrected chi connectivity index (χ0v) is 11.8. The van der Waals surface area contributed by atoms with Gasteiger partial charge >= 0.3 is 5.97 Å². The normalized spacial score (nSPS) is 11.5. The van der Waals surface area contributed by atoms with E-state index in [2.05, 4.69) is 5.32 Å². The van der Waals surface area contributed by atoms with E-state index in [4.69, 9.17) is 4.74 Å². The lowest BCUT2D eigenvalue weighted by Gasteiger charge is -2.14. The van der Waals surface area contributed by atoms with Crippen molar-refractivity contribution in [2.24, 2.45) is 0 Å². The Morgan fingerprint density at radius 2 is 1.57 bits per heavy atom. The molecule has 0 bridgehead atoms. The standard InChI is InChI=1S/C17H17NO3/c1-13(14-8-4-2-5-9-14)18-16(19)12-21-17(20)15-10-6-3-7-11-15/h2-11,13H,12H2,1H3,(H,18,19). The third kappa shape index (κ3) is 4.45. The number of esters is 1. The third-order valence-electron chi connectivity index (χ3n) is 3.02. The molecular weight excluding hydrogens is 266 g/mol. The van der Waals surface area contributed by atoms with Crippen molar-refractivity contribution in [2.75, 3.05) is 6.61 Å². The van der Waals surface area contributed by atoms with E-state index in [1.54, 1.807) is 24.3 Å². The van der Waals surface area contributed by atoms with Gasteiger partial charge in [0.1, 0.15) is 0 Å². The minimum atomic E-state index is -0.502. The van der Waals surface area contributed by atoms with Crippen molar-refractivity contribution in [3.05, 3.63) is 71.8 Å². The molecule has 2 rings (SSSR count). The number of nitrogens with one attached hydrogen (secondary N) is 1. The molecule has 1 atom stereocenters. The number of rotatable bonds is 5. The van der Waals surface area contributed by atoms with Crippen LogP contribution < -0.4 is 5.32 Å². The molecule has 0 aromatic heterocycles. The number of carbonyl (C=O) groups is 2. The fourth-order valence-corrected chi connectivity index (χ4v) is 1.90. The second-order valence-electron chi connectivity index (χ2n) is 4.64. The van der Waals surface area contributed by atoms with Crippen molar-refractivity contribution in [3.63, 3.8) is 0 Å². The van der Waals surface area contributed by atoms with Gasteiger partial charge in [-0.3, -0.25) is 4.79 Å². The third-order valence-corrected chi connectivity index (χ3v) is 3.02. The second-order valence-corrected chi connectivity index (χ2v) is 4.64. The van der Waals surface area contributed by atoms with Crippen LogP contribution in [0.2, 0.25) is 0 Å². The number of ether oxygens (including phenoxy) is 1. The molecule has 0 radical (unpaired) electrons. The molecule has 4 nitrogen and oxygen atoms in total. The van der Waals surface area contributed by atoms with Crippen LogP contribution in [0.4, 0.5) is 0 Å². The van der Waals surface area contributed by atoms with Crippen LogP contribution in [0.1, 0.15) is 28.9 Å². The molecule has 1 N–H and O–H groups in total. The van der Waals surface area contributed by atoms with Crippen LogP contribution in [0, 0.1) is 0 Å². The van der Waals surface area contributed by atoms with E-state index >= 15 is 0 Å². The second kappa shape index (κ2) is 7.24. The average Bonchev–Trinajstić information content (AvgIpc) is 2.54. The minimum absolute atomic E-state index is 0.130. The lowest BCUT2D eigenvalue weighted by Crippen LogP contribution is -2.31. The lowest BCUT2D eigenvalue weighted by molar-refractivity contribution is -0.124.